The van der Waals surface area contributed by atoms with E-state index in [0.717, 1.165) is 26.1 Å². The number of likely N-dealkylation sites (tertiary alicyclic amines) is 1. The third kappa shape index (κ3) is 5.02. The minimum atomic E-state index is -0.607. The normalized spacial score (nSPS) is 17.9. The number of hydrogen-bond donors (Lipinski definition) is 2. The number of amides is 2. The first-order valence-corrected chi connectivity index (χ1v) is 10.2. The van der Waals surface area contributed by atoms with Crippen LogP contribution in [-0.4, -0.2) is 70.2 Å². The van der Waals surface area contributed by atoms with E-state index in [-0.39, 0.29) is 6.04 Å². The lowest BCUT2D eigenvalue weighted by molar-refractivity contribution is -0.139. The molecule has 28 heavy (non-hydrogen) atoms. The van der Waals surface area contributed by atoms with Crippen LogP contribution in [0.4, 0.5) is 5.69 Å². The van der Waals surface area contributed by atoms with Gasteiger partial charge in [0.15, 0.2) is 0 Å². The predicted molar refractivity (Wildman–Crippen MR) is 109 cm³/mol. The van der Waals surface area contributed by atoms with Gasteiger partial charge in [-0.2, -0.15) is 0 Å². The van der Waals surface area contributed by atoms with Crippen molar-refractivity contribution in [1.29, 1.82) is 0 Å². The number of rotatable bonds is 7. The summed E-state index contributed by atoms with van der Waals surface area (Å²) in [5, 5.41) is 5.40. The number of carbonyl (C=O) groups is 2. The van der Waals surface area contributed by atoms with E-state index in [2.05, 4.69) is 45.7 Å². The Balaban J connectivity index is 1.68. The molecule has 7 heteroatoms. The SMILES string of the molecule is COCCNC(=O)C(=O)NCC(c1ccc2c(c1)CCCN2C)N1CCCC1. The van der Waals surface area contributed by atoms with Gasteiger partial charge in [-0.05, 0) is 56.0 Å². The highest BCUT2D eigenvalue weighted by Crippen LogP contribution is 2.31. The Kier molecular flexibility index (Phi) is 7.28. The maximum Gasteiger partial charge on any atom is 0.309 e. The maximum absolute atomic E-state index is 12.2. The van der Waals surface area contributed by atoms with Crippen LogP contribution in [0.3, 0.4) is 0 Å². The number of hydrogen-bond acceptors (Lipinski definition) is 5. The molecule has 2 amide bonds. The van der Waals surface area contributed by atoms with Crippen LogP contribution in [0.5, 0.6) is 0 Å². The summed E-state index contributed by atoms with van der Waals surface area (Å²) in [6, 6.07) is 6.76. The number of fused-ring (bicyclic) bond motifs is 1. The minimum absolute atomic E-state index is 0.0933. The van der Waals surface area contributed by atoms with Gasteiger partial charge < -0.3 is 20.3 Å². The van der Waals surface area contributed by atoms with Gasteiger partial charge in [0.2, 0.25) is 0 Å². The van der Waals surface area contributed by atoms with E-state index in [0.29, 0.717) is 19.7 Å². The average molecular weight is 389 g/mol. The van der Waals surface area contributed by atoms with Crippen molar-refractivity contribution < 1.29 is 14.3 Å². The van der Waals surface area contributed by atoms with E-state index < -0.39 is 11.8 Å². The Morgan fingerprint density at radius 1 is 1.11 bits per heavy atom. The number of methoxy groups -OCH3 is 1. The molecule has 0 saturated carbocycles. The van der Waals surface area contributed by atoms with Crippen molar-refractivity contribution in [2.45, 2.75) is 31.7 Å². The first kappa shape index (κ1) is 20.6. The Labute approximate surface area is 167 Å². The summed E-state index contributed by atoms with van der Waals surface area (Å²) < 4.78 is 4.89. The van der Waals surface area contributed by atoms with Crippen molar-refractivity contribution in [3.63, 3.8) is 0 Å². The molecule has 2 aliphatic rings. The largest absolute Gasteiger partial charge is 0.383 e. The second-order valence-corrected chi connectivity index (χ2v) is 7.63. The van der Waals surface area contributed by atoms with Crippen LogP contribution >= 0.6 is 0 Å². The summed E-state index contributed by atoms with van der Waals surface area (Å²) >= 11 is 0. The van der Waals surface area contributed by atoms with E-state index in [1.807, 2.05) is 0 Å². The Bertz CT molecular complexity index is 688. The molecule has 0 spiro atoms. The van der Waals surface area contributed by atoms with Gasteiger partial charge in [-0.1, -0.05) is 12.1 Å². The number of nitrogens with one attached hydrogen (secondary N) is 2. The summed E-state index contributed by atoms with van der Waals surface area (Å²) in [7, 11) is 3.70. The summed E-state index contributed by atoms with van der Waals surface area (Å²) in [4.78, 5) is 28.8. The zero-order valence-electron chi connectivity index (χ0n) is 17.0. The fraction of sp³-hybridized carbons (Fsp3) is 0.619. The molecule has 1 fully saturated rings. The highest BCUT2D eigenvalue weighted by molar-refractivity contribution is 6.35. The van der Waals surface area contributed by atoms with E-state index in [1.54, 1.807) is 7.11 Å². The van der Waals surface area contributed by atoms with Crippen LogP contribution in [0.15, 0.2) is 18.2 Å². The van der Waals surface area contributed by atoms with Crippen LogP contribution in [0.2, 0.25) is 0 Å². The molecular formula is C21H32N4O3. The summed E-state index contributed by atoms with van der Waals surface area (Å²) in [5.74, 6) is -1.19. The molecule has 0 aromatic heterocycles. The molecule has 0 radical (unpaired) electrons. The predicted octanol–water partition coefficient (Wildman–Crippen LogP) is 1.08. The Hall–Kier alpha value is -2.12. The van der Waals surface area contributed by atoms with Gasteiger partial charge in [-0.15, -0.1) is 0 Å². The smallest absolute Gasteiger partial charge is 0.309 e. The molecular weight excluding hydrogens is 356 g/mol. The molecule has 7 nitrogen and oxygen atoms in total. The molecule has 2 N–H and O–H groups in total. The van der Waals surface area contributed by atoms with Crippen molar-refractivity contribution >= 4 is 17.5 Å². The van der Waals surface area contributed by atoms with Crippen LogP contribution in [0, 0.1) is 0 Å². The first-order chi connectivity index (χ1) is 13.6. The molecule has 1 aromatic carbocycles. The van der Waals surface area contributed by atoms with E-state index in [4.69, 9.17) is 4.74 Å². The molecule has 1 aromatic rings. The zero-order chi connectivity index (χ0) is 19.9. The average Bonchev–Trinajstić information content (AvgIpc) is 3.22. The Morgan fingerprint density at radius 3 is 2.61 bits per heavy atom. The van der Waals surface area contributed by atoms with Crippen molar-refractivity contribution in [3.05, 3.63) is 29.3 Å². The fourth-order valence-electron chi connectivity index (χ4n) is 4.14. The summed E-state index contributed by atoms with van der Waals surface area (Å²) in [6.07, 6.45) is 4.61. The van der Waals surface area contributed by atoms with Gasteiger partial charge in [0.25, 0.3) is 0 Å². The minimum Gasteiger partial charge on any atom is -0.383 e. The zero-order valence-corrected chi connectivity index (χ0v) is 17.0. The molecule has 0 bridgehead atoms. The highest BCUT2D eigenvalue weighted by atomic mass is 16.5. The van der Waals surface area contributed by atoms with Gasteiger partial charge in [0.1, 0.15) is 0 Å². The molecule has 3 rings (SSSR count). The van der Waals surface area contributed by atoms with E-state index in [9.17, 15) is 9.59 Å². The monoisotopic (exact) mass is 388 g/mol. The number of nitrogens with zero attached hydrogens (tertiary/aromatic N) is 2. The fourth-order valence-corrected chi connectivity index (χ4v) is 4.14. The molecule has 2 aliphatic heterocycles. The standard InChI is InChI=1S/C21H32N4O3/c1-24-10-5-6-16-14-17(7-8-18(16)24)19(25-11-3-4-12-25)15-23-21(27)20(26)22-9-13-28-2/h7-8,14,19H,3-6,9-13,15H2,1-2H3,(H,22,26)(H,23,27). The number of carbonyl (C=O) groups excluding carboxylic acids is 2. The van der Waals surface area contributed by atoms with E-state index in [1.165, 1.54) is 36.1 Å². The number of benzene rings is 1. The number of aryl methyl sites for hydroxylation is 1. The molecule has 1 saturated heterocycles. The summed E-state index contributed by atoms with van der Waals surface area (Å²) in [6.45, 7) is 4.30. The molecule has 1 unspecified atom stereocenters. The van der Waals surface area contributed by atoms with E-state index >= 15 is 0 Å². The van der Waals surface area contributed by atoms with Gasteiger partial charge in [0.05, 0.1) is 12.6 Å². The molecule has 1 atom stereocenters. The van der Waals surface area contributed by atoms with Gasteiger partial charge >= 0.3 is 11.8 Å². The van der Waals surface area contributed by atoms with Crippen LogP contribution in [0.25, 0.3) is 0 Å². The van der Waals surface area contributed by atoms with Crippen molar-refractivity contribution in [3.8, 4) is 0 Å². The van der Waals surface area contributed by atoms with Gasteiger partial charge in [-0.3, -0.25) is 14.5 Å². The molecule has 2 heterocycles. The highest BCUT2D eigenvalue weighted by Gasteiger charge is 2.26. The third-order valence-corrected chi connectivity index (χ3v) is 5.67. The Morgan fingerprint density at radius 2 is 1.86 bits per heavy atom. The lowest BCUT2D eigenvalue weighted by Gasteiger charge is -2.31. The third-order valence-electron chi connectivity index (χ3n) is 5.67. The summed E-state index contributed by atoms with van der Waals surface area (Å²) in [5.41, 5.74) is 3.90. The van der Waals surface area contributed by atoms with Crippen LogP contribution in [-0.2, 0) is 20.7 Å². The number of anilines is 1. The second kappa shape index (κ2) is 9.89. The first-order valence-electron chi connectivity index (χ1n) is 10.2. The van der Waals surface area contributed by atoms with Crippen LogP contribution in [0.1, 0.15) is 36.4 Å². The lowest BCUT2D eigenvalue weighted by atomic mass is 9.96. The molecule has 0 aliphatic carbocycles. The van der Waals surface area contributed by atoms with Gasteiger partial charge in [-0.25, -0.2) is 0 Å². The number of ether oxygens (including phenoxy) is 1. The van der Waals surface area contributed by atoms with Crippen molar-refractivity contribution in [2.75, 3.05) is 58.4 Å². The van der Waals surface area contributed by atoms with Crippen LogP contribution < -0.4 is 15.5 Å². The quantitative estimate of drug-likeness (QED) is 0.540. The maximum atomic E-state index is 12.2. The van der Waals surface area contributed by atoms with Crippen molar-refractivity contribution in [1.82, 2.24) is 15.5 Å². The van der Waals surface area contributed by atoms with Gasteiger partial charge in [0, 0.05) is 39.5 Å². The lowest BCUT2D eigenvalue weighted by Crippen LogP contribution is -2.44. The second-order valence-electron chi connectivity index (χ2n) is 7.63. The topological polar surface area (TPSA) is 73.9 Å². The van der Waals surface area contributed by atoms with Crippen molar-refractivity contribution in [2.24, 2.45) is 0 Å². The molecule has 154 valence electrons.